The Labute approximate surface area is 345 Å². The Morgan fingerprint density at radius 3 is 1.45 bits per heavy atom. The summed E-state index contributed by atoms with van der Waals surface area (Å²) in [7, 11) is -13.5. The van der Waals surface area contributed by atoms with Crippen molar-refractivity contribution < 1.29 is 62.1 Å². The summed E-state index contributed by atoms with van der Waals surface area (Å²) < 4.78 is 124. The van der Waals surface area contributed by atoms with Crippen LogP contribution in [0.5, 0.6) is 5.75 Å². The second kappa shape index (κ2) is 20.7. The topological polar surface area (TPSA) is 400 Å². The third-order valence-corrected chi connectivity index (χ3v) is 9.76. The van der Waals surface area contributed by atoms with Crippen molar-refractivity contribution in [2.45, 2.75) is 31.0 Å². The van der Waals surface area contributed by atoms with E-state index in [1.165, 1.54) is 56.3 Å². The Hall–Kier alpha value is -5.44. The average molecular weight is 921 g/mol. The summed E-state index contributed by atoms with van der Waals surface area (Å²) in [5, 5.41) is 35.7. The molecule has 12 N–H and O–H groups in total. The van der Waals surface area contributed by atoms with E-state index in [2.05, 4.69) is 61.8 Å². The molecule has 0 saturated heterocycles. The van der Waals surface area contributed by atoms with Crippen LogP contribution >= 0.6 is 0 Å². The zero-order valence-electron chi connectivity index (χ0n) is 31.3. The summed E-state index contributed by atoms with van der Waals surface area (Å²) in [6.07, 6.45) is 0.961. The Kier molecular flexibility index (Phi) is 16.3. The van der Waals surface area contributed by atoms with Crippen LogP contribution in [0, 0.1) is 0 Å². The minimum atomic E-state index is -4.91. The van der Waals surface area contributed by atoms with E-state index in [-0.39, 0.29) is 90.1 Å². The smallest absolute Gasteiger partial charge is 0.357 e. The minimum absolute atomic E-state index is 0.00785. The lowest BCUT2D eigenvalue weighted by Gasteiger charge is -2.13. The van der Waals surface area contributed by atoms with Crippen molar-refractivity contribution in [1.29, 1.82) is 0 Å². The number of anilines is 8. The zero-order chi connectivity index (χ0) is 44.3. The summed E-state index contributed by atoms with van der Waals surface area (Å²) in [4.78, 5) is 24.1. The maximum absolute atomic E-state index is 12.5. The van der Waals surface area contributed by atoms with Crippen LogP contribution in [0.4, 0.5) is 47.1 Å². The molecule has 3 unspecified atom stereocenters. The van der Waals surface area contributed by atoms with Gasteiger partial charge in [-0.3, -0.25) is 18.2 Å². The van der Waals surface area contributed by atoms with Crippen molar-refractivity contribution in [2.24, 2.45) is 0 Å². The van der Waals surface area contributed by atoms with Crippen molar-refractivity contribution in [2.75, 3.05) is 69.6 Å². The van der Waals surface area contributed by atoms with Gasteiger partial charge in [-0.05, 0) is 43.7 Å². The SMILES string of the molecule is CC(O)CNc1nc(NCCS(=O)(=O)O)nc(Nc2ccc(C=Cc3ccc(Nc4nc(NCCS(=O)(=O)O)nc(NCC(C)O)n4)cc3S(=O)(=O)O)c(OS(=O)O)c2)n1. The van der Waals surface area contributed by atoms with Gasteiger partial charge in [0.1, 0.15) is 4.90 Å². The molecule has 0 saturated carbocycles. The molecule has 2 heterocycles. The highest BCUT2D eigenvalue weighted by Gasteiger charge is 2.18. The minimum Gasteiger partial charge on any atom is -0.392 e. The largest absolute Gasteiger partial charge is 0.392 e. The lowest BCUT2D eigenvalue weighted by atomic mass is 10.1. The third kappa shape index (κ3) is 16.7. The van der Waals surface area contributed by atoms with Gasteiger partial charge < -0.3 is 46.3 Å². The molecule has 0 amide bonds. The predicted octanol–water partition coefficient (Wildman–Crippen LogP) is 0.661. The number of hydrogen-bond acceptors (Lipinski definition) is 22. The normalized spacial score (nSPS) is 13.6. The number of aliphatic hydroxyl groups is 2. The highest BCUT2D eigenvalue weighted by molar-refractivity contribution is 7.86. The van der Waals surface area contributed by atoms with E-state index < -0.39 is 70.3 Å². The lowest BCUT2D eigenvalue weighted by molar-refractivity contribution is 0.207. The first kappa shape index (κ1) is 47.2. The molecule has 4 rings (SSSR count). The maximum Gasteiger partial charge on any atom is 0.357 e. The fourth-order valence-electron chi connectivity index (χ4n) is 4.55. The molecular weight excluding hydrogens is 881 g/mol. The molecule has 4 aromatic rings. The molecule has 2 aromatic heterocycles. The van der Waals surface area contributed by atoms with Crippen LogP contribution in [0.1, 0.15) is 25.0 Å². The van der Waals surface area contributed by atoms with Crippen molar-refractivity contribution in [3.8, 4) is 5.75 Å². The van der Waals surface area contributed by atoms with Crippen LogP contribution in [0.15, 0.2) is 41.3 Å². The summed E-state index contributed by atoms with van der Waals surface area (Å²) in [6, 6.07) is 7.89. The van der Waals surface area contributed by atoms with Gasteiger partial charge in [-0.25, -0.2) is 0 Å². The van der Waals surface area contributed by atoms with E-state index in [0.29, 0.717) is 0 Å². The molecule has 2 aromatic carbocycles. The van der Waals surface area contributed by atoms with Gasteiger partial charge >= 0.3 is 11.4 Å². The molecule has 0 bridgehead atoms. The molecule has 0 fully saturated rings. The molecule has 30 heteroatoms. The van der Waals surface area contributed by atoms with Gasteiger partial charge in [-0.15, -0.1) is 0 Å². The second-order valence-electron chi connectivity index (χ2n) is 12.4. The van der Waals surface area contributed by atoms with E-state index in [1.807, 2.05) is 0 Å². The van der Waals surface area contributed by atoms with Crippen molar-refractivity contribution in [3.63, 3.8) is 0 Å². The molecule has 0 spiro atoms. The van der Waals surface area contributed by atoms with Crippen molar-refractivity contribution in [1.82, 2.24) is 29.9 Å². The Balaban J connectivity index is 1.62. The van der Waals surface area contributed by atoms with Crippen LogP contribution in [0.2, 0.25) is 0 Å². The first-order valence-corrected chi connectivity index (χ1v) is 22.7. The standard InChI is InChI=1S/C30H40N12O14S4/c1-17(43)15-33-27-37-25(31-9-11-58(47,48)49)39-29(41-27)35-21-7-5-19(23(13-21)56-57(45)46)3-4-20-6-8-22(14-24(20)60(53,54)55)36-30-40-26(32-10-12-59(50,51)52)38-28(42-30)34-16-18(2)44/h3-8,13-14,17-18,43-44H,9-12,15-16H2,1-2H3,(H,45,46)(H,47,48,49)(H,50,51,52)(H,53,54,55)(H3,31,33,35,37,39,41)(H3,32,34,36,38,40,42). The molecule has 60 heavy (non-hydrogen) atoms. The van der Waals surface area contributed by atoms with Crippen LogP contribution in [0.25, 0.3) is 12.2 Å². The van der Waals surface area contributed by atoms with Gasteiger partial charge in [0.25, 0.3) is 30.4 Å². The highest BCUT2D eigenvalue weighted by Crippen LogP contribution is 2.30. The summed E-state index contributed by atoms with van der Waals surface area (Å²) in [5.41, 5.74) is 0.328. The number of nitrogens with one attached hydrogen (secondary N) is 6. The number of rotatable bonds is 23. The lowest BCUT2D eigenvalue weighted by Crippen LogP contribution is -2.20. The average Bonchev–Trinajstić information content (AvgIpc) is 3.11. The number of aliphatic hydroxyl groups excluding tert-OH is 2. The zero-order valence-corrected chi connectivity index (χ0v) is 34.5. The number of nitrogens with zero attached hydrogens (tertiary/aromatic N) is 6. The van der Waals surface area contributed by atoms with E-state index >= 15 is 0 Å². The van der Waals surface area contributed by atoms with Crippen LogP contribution in [0.3, 0.4) is 0 Å². The molecule has 0 aliphatic heterocycles. The summed E-state index contributed by atoms with van der Waals surface area (Å²) in [5.74, 6) is -2.21. The van der Waals surface area contributed by atoms with Gasteiger partial charge in [0, 0.05) is 49.2 Å². The van der Waals surface area contributed by atoms with Crippen LogP contribution in [-0.2, 0) is 41.7 Å². The third-order valence-electron chi connectivity index (χ3n) is 7.09. The van der Waals surface area contributed by atoms with Gasteiger partial charge in [-0.2, -0.15) is 59.4 Å². The van der Waals surface area contributed by atoms with E-state index in [1.54, 1.807) is 0 Å². The van der Waals surface area contributed by atoms with Gasteiger partial charge in [0.15, 0.2) is 5.75 Å². The van der Waals surface area contributed by atoms with E-state index in [9.17, 15) is 48.8 Å². The quantitative estimate of drug-likeness (QED) is 0.0276. The maximum atomic E-state index is 12.5. The molecule has 0 radical (unpaired) electrons. The first-order chi connectivity index (χ1) is 28.0. The molecule has 26 nitrogen and oxygen atoms in total. The first-order valence-electron chi connectivity index (χ1n) is 17.0. The van der Waals surface area contributed by atoms with Crippen molar-refractivity contribution >= 4 is 101 Å². The molecule has 328 valence electrons. The van der Waals surface area contributed by atoms with Gasteiger partial charge in [0.05, 0.1) is 23.7 Å². The fraction of sp³-hybridized carbons (Fsp3) is 0.333. The van der Waals surface area contributed by atoms with E-state index in [4.69, 9.17) is 13.3 Å². The van der Waals surface area contributed by atoms with Gasteiger partial charge in [0.2, 0.25) is 35.7 Å². The predicted molar refractivity (Wildman–Crippen MR) is 219 cm³/mol. The summed E-state index contributed by atoms with van der Waals surface area (Å²) >= 11 is -2.85. The Bertz CT molecular complexity index is 2530. The van der Waals surface area contributed by atoms with Crippen molar-refractivity contribution in [3.05, 3.63) is 47.5 Å². The number of benzene rings is 2. The monoisotopic (exact) mass is 920 g/mol. The van der Waals surface area contributed by atoms with Crippen LogP contribution < -0.4 is 36.1 Å². The van der Waals surface area contributed by atoms with Gasteiger partial charge in [-0.1, -0.05) is 18.2 Å². The Morgan fingerprint density at radius 1 is 0.633 bits per heavy atom. The summed E-state index contributed by atoms with van der Waals surface area (Å²) in [6.45, 7) is 2.46. The molecule has 0 aliphatic carbocycles. The second-order valence-corrected chi connectivity index (χ2v) is 17.5. The number of aromatic nitrogens is 6. The molecule has 3 atom stereocenters. The molecule has 0 aliphatic rings. The fourth-order valence-corrected chi connectivity index (χ4v) is 6.28. The molecular formula is C30H40N12O14S4. The van der Waals surface area contributed by atoms with E-state index in [0.717, 1.165) is 6.07 Å². The number of hydrogen-bond donors (Lipinski definition) is 12. The van der Waals surface area contributed by atoms with Crippen LogP contribution in [-0.4, -0.2) is 138 Å². The highest BCUT2D eigenvalue weighted by atomic mass is 32.2. The Morgan fingerprint density at radius 2 is 1.03 bits per heavy atom.